The Balaban J connectivity index is 2.75. The summed E-state index contributed by atoms with van der Waals surface area (Å²) in [5, 5.41) is 0. The van der Waals surface area contributed by atoms with Crippen molar-refractivity contribution < 1.29 is 14.3 Å². The van der Waals surface area contributed by atoms with Crippen molar-refractivity contribution in [3.63, 3.8) is 0 Å². The van der Waals surface area contributed by atoms with Crippen molar-refractivity contribution in [3.05, 3.63) is 29.8 Å². The third-order valence-corrected chi connectivity index (χ3v) is 1.74. The first-order valence-electron chi connectivity index (χ1n) is 4.09. The molecule has 74 valence electrons. The van der Waals surface area contributed by atoms with Crippen molar-refractivity contribution in [1.29, 1.82) is 0 Å². The molecule has 0 atom stereocenters. The molecule has 1 aromatic rings. The van der Waals surface area contributed by atoms with E-state index in [4.69, 9.17) is 5.73 Å². The van der Waals surface area contributed by atoms with Crippen molar-refractivity contribution >= 4 is 17.4 Å². The standard InChI is InChI=1S/C10H11NO3/c1-14-10(13)6-9(12)7-3-2-4-8(11)5-7/h2-5H,6,11H2,1H3. The van der Waals surface area contributed by atoms with Gasteiger partial charge in [0.05, 0.1) is 7.11 Å². The van der Waals surface area contributed by atoms with Crippen LogP contribution in [-0.4, -0.2) is 18.9 Å². The molecule has 0 aliphatic carbocycles. The summed E-state index contributed by atoms with van der Waals surface area (Å²) in [6.45, 7) is 0. The lowest BCUT2D eigenvalue weighted by Gasteiger charge is -2.00. The number of nitrogens with two attached hydrogens (primary N) is 1. The van der Waals surface area contributed by atoms with Gasteiger partial charge >= 0.3 is 5.97 Å². The highest BCUT2D eigenvalue weighted by Crippen LogP contribution is 2.09. The summed E-state index contributed by atoms with van der Waals surface area (Å²) in [5.74, 6) is -0.832. The molecule has 0 radical (unpaired) electrons. The van der Waals surface area contributed by atoms with E-state index in [2.05, 4.69) is 4.74 Å². The van der Waals surface area contributed by atoms with Gasteiger partial charge in [0.15, 0.2) is 5.78 Å². The van der Waals surface area contributed by atoms with Crippen LogP contribution in [0.1, 0.15) is 16.8 Å². The van der Waals surface area contributed by atoms with Crippen molar-refractivity contribution in [1.82, 2.24) is 0 Å². The molecule has 4 heteroatoms. The largest absolute Gasteiger partial charge is 0.469 e. The van der Waals surface area contributed by atoms with Crippen LogP contribution in [0.3, 0.4) is 0 Å². The molecule has 0 aromatic heterocycles. The number of ether oxygens (including phenoxy) is 1. The fraction of sp³-hybridized carbons (Fsp3) is 0.200. The SMILES string of the molecule is COC(=O)CC(=O)c1cccc(N)c1. The predicted molar refractivity (Wildman–Crippen MR) is 51.8 cm³/mol. The Morgan fingerprint density at radius 1 is 1.43 bits per heavy atom. The maximum absolute atomic E-state index is 11.4. The molecule has 1 rings (SSSR count). The Bertz CT molecular complexity index is 360. The number of methoxy groups -OCH3 is 1. The van der Waals surface area contributed by atoms with Crippen molar-refractivity contribution in [2.75, 3.05) is 12.8 Å². The lowest BCUT2D eigenvalue weighted by Crippen LogP contribution is -2.09. The van der Waals surface area contributed by atoms with Gasteiger partial charge in [-0.15, -0.1) is 0 Å². The second-order valence-electron chi connectivity index (χ2n) is 2.80. The summed E-state index contributed by atoms with van der Waals surface area (Å²) in [4.78, 5) is 22.2. The predicted octanol–water partition coefficient (Wildman–Crippen LogP) is 1.01. The van der Waals surface area contributed by atoms with E-state index in [9.17, 15) is 9.59 Å². The number of hydrogen-bond acceptors (Lipinski definition) is 4. The summed E-state index contributed by atoms with van der Waals surface area (Å²) in [6, 6.07) is 6.49. The number of carbonyl (C=O) groups is 2. The molecule has 0 saturated carbocycles. The molecule has 2 N–H and O–H groups in total. The minimum Gasteiger partial charge on any atom is -0.469 e. The van der Waals surface area contributed by atoms with Gasteiger partial charge in [0.1, 0.15) is 6.42 Å². The Hall–Kier alpha value is -1.84. The molecule has 0 aliphatic heterocycles. The summed E-state index contributed by atoms with van der Waals surface area (Å²) < 4.78 is 4.38. The van der Waals surface area contributed by atoms with E-state index in [1.54, 1.807) is 18.2 Å². The number of Topliss-reactive ketones (excluding diaryl/α,β-unsaturated/α-hetero) is 1. The summed E-state index contributed by atoms with van der Waals surface area (Å²) in [5.41, 5.74) is 6.42. The minimum atomic E-state index is -0.544. The lowest BCUT2D eigenvalue weighted by molar-refractivity contribution is -0.139. The highest BCUT2D eigenvalue weighted by Gasteiger charge is 2.11. The first kappa shape index (κ1) is 10.2. The number of ketones is 1. The molecule has 0 bridgehead atoms. The number of benzene rings is 1. The highest BCUT2D eigenvalue weighted by atomic mass is 16.5. The van der Waals surface area contributed by atoms with Crippen LogP contribution in [0.5, 0.6) is 0 Å². The van der Waals surface area contributed by atoms with Gasteiger partial charge in [-0.3, -0.25) is 9.59 Å². The molecule has 0 heterocycles. The topological polar surface area (TPSA) is 69.4 Å². The first-order chi connectivity index (χ1) is 6.63. The van der Waals surface area contributed by atoms with Crippen LogP contribution >= 0.6 is 0 Å². The zero-order chi connectivity index (χ0) is 10.6. The normalized spacial score (nSPS) is 9.50. The molecule has 0 unspecified atom stereocenters. The van der Waals surface area contributed by atoms with Gasteiger partial charge in [-0.2, -0.15) is 0 Å². The van der Waals surface area contributed by atoms with E-state index in [0.717, 1.165) is 0 Å². The maximum Gasteiger partial charge on any atom is 0.313 e. The summed E-state index contributed by atoms with van der Waals surface area (Å²) >= 11 is 0. The Morgan fingerprint density at radius 3 is 2.71 bits per heavy atom. The molecular formula is C10H11NO3. The fourth-order valence-electron chi connectivity index (χ4n) is 1.02. The second-order valence-corrected chi connectivity index (χ2v) is 2.80. The van der Waals surface area contributed by atoms with E-state index in [1.807, 2.05) is 0 Å². The van der Waals surface area contributed by atoms with E-state index in [-0.39, 0.29) is 12.2 Å². The van der Waals surface area contributed by atoms with E-state index in [0.29, 0.717) is 11.3 Å². The smallest absolute Gasteiger partial charge is 0.313 e. The van der Waals surface area contributed by atoms with Gasteiger partial charge < -0.3 is 10.5 Å². The fourth-order valence-corrected chi connectivity index (χ4v) is 1.02. The van der Waals surface area contributed by atoms with E-state index in [1.165, 1.54) is 13.2 Å². The number of hydrogen-bond donors (Lipinski definition) is 1. The van der Waals surface area contributed by atoms with Crippen molar-refractivity contribution in [2.45, 2.75) is 6.42 Å². The zero-order valence-corrected chi connectivity index (χ0v) is 7.82. The van der Waals surface area contributed by atoms with Crippen LogP contribution in [0, 0.1) is 0 Å². The molecule has 0 amide bonds. The van der Waals surface area contributed by atoms with Gasteiger partial charge in [-0.1, -0.05) is 12.1 Å². The number of anilines is 1. The van der Waals surface area contributed by atoms with Crippen LogP contribution in [0.15, 0.2) is 24.3 Å². The van der Waals surface area contributed by atoms with Crippen LogP contribution in [-0.2, 0) is 9.53 Å². The number of rotatable bonds is 3. The average molecular weight is 193 g/mol. The number of esters is 1. The third-order valence-electron chi connectivity index (χ3n) is 1.74. The van der Waals surface area contributed by atoms with Crippen LogP contribution in [0.2, 0.25) is 0 Å². The zero-order valence-electron chi connectivity index (χ0n) is 7.82. The number of nitrogen functional groups attached to an aromatic ring is 1. The van der Waals surface area contributed by atoms with Crippen molar-refractivity contribution in [3.8, 4) is 0 Å². The monoisotopic (exact) mass is 193 g/mol. The minimum absolute atomic E-state index is 0.250. The molecule has 0 fully saturated rings. The highest BCUT2D eigenvalue weighted by molar-refractivity contribution is 6.06. The molecule has 14 heavy (non-hydrogen) atoms. The summed E-state index contributed by atoms with van der Waals surface area (Å²) in [7, 11) is 1.25. The molecule has 4 nitrogen and oxygen atoms in total. The Morgan fingerprint density at radius 2 is 2.14 bits per heavy atom. The number of carbonyl (C=O) groups excluding carboxylic acids is 2. The van der Waals surface area contributed by atoms with Crippen LogP contribution in [0.25, 0.3) is 0 Å². The van der Waals surface area contributed by atoms with Gasteiger partial charge in [-0.25, -0.2) is 0 Å². The lowest BCUT2D eigenvalue weighted by atomic mass is 10.1. The van der Waals surface area contributed by atoms with Gasteiger partial charge in [0, 0.05) is 11.3 Å². The van der Waals surface area contributed by atoms with Gasteiger partial charge in [0.25, 0.3) is 0 Å². The van der Waals surface area contributed by atoms with Gasteiger partial charge in [0.2, 0.25) is 0 Å². The molecule has 0 spiro atoms. The average Bonchev–Trinajstić information content (AvgIpc) is 2.17. The molecule has 0 saturated heterocycles. The van der Waals surface area contributed by atoms with Crippen LogP contribution < -0.4 is 5.73 Å². The Kier molecular flexibility index (Phi) is 3.23. The van der Waals surface area contributed by atoms with Gasteiger partial charge in [-0.05, 0) is 12.1 Å². The molecule has 1 aromatic carbocycles. The molecular weight excluding hydrogens is 182 g/mol. The third kappa shape index (κ3) is 2.58. The van der Waals surface area contributed by atoms with Crippen LogP contribution in [0.4, 0.5) is 5.69 Å². The first-order valence-corrected chi connectivity index (χ1v) is 4.09. The molecule has 0 aliphatic rings. The van der Waals surface area contributed by atoms with Crippen molar-refractivity contribution in [2.24, 2.45) is 0 Å². The maximum atomic E-state index is 11.4. The quantitative estimate of drug-likeness (QED) is 0.336. The van der Waals surface area contributed by atoms with E-state index < -0.39 is 5.97 Å². The Labute approximate surface area is 81.7 Å². The second kappa shape index (κ2) is 4.41. The van der Waals surface area contributed by atoms with E-state index >= 15 is 0 Å². The summed E-state index contributed by atoms with van der Waals surface area (Å²) in [6.07, 6.45) is -0.250.